The van der Waals surface area contributed by atoms with Crippen molar-refractivity contribution in [1.29, 1.82) is 0 Å². The monoisotopic (exact) mass is 309 g/mol. The summed E-state index contributed by atoms with van der Waals surface area (Å²) in [5.74, 6) is 1.43. The third-order valence-corrected chi connectivity index (χ3v) is 4.89. The molecule has 0 unspecified atom stereocenters. The summed E-state index contributed by atoms with van der Waals surface area (Å²) in [4.78, 5) is 0. The number of rotatable bonds is 3. The van der Waals surface area contributed by atoms with Crippen LogP contribution in [0.15, 0.2) is 54.6 Å². The Morgan fingerprint density at radius 3 is 2.87 bits per heavy atom. The molecule has 0 aromatic heterocycles. The minimum absolute atomic E-state index is 0.00152. The van der Waals surface area contributed by atoms with Crippen molar-refractivity contribution in [2.75, 3.05) is 11.9 Å². The Hall–Kier alpha value is -2.29. The number of hydrogen-bond donors (Lipinski definition) is 1. The van der Waals surface area contributed by atoms with Gasteiger partial charge in [0, 0.05) is 17.2 Å². The van der Waals surface area contributed by atoms with E-state index in [0.29, 0.717) is 18.4 Å². The Bertz CT molecular complexity index is 755. The van der Waals surface area contributed by atoms with E-state index >= 15 is 0 Å². The number of fused-ring (bicyclic) bond motifs is 3. The van der Waals surface area contributed by atoms with Gasteiger partial charge in [0.25, 0.3) is 0 Å². The van der Waals surface area contributed by atoms with E-state index < -0.39 is 0 Å². The second kappa shape index (κ2) is 5.73. The van der Waals surface area contributed by atoms with Crippen molar-refractivity contribution >= 4 is 5.69 Å². The van der Waals surface area contributed by atoms with Crippen LogP contribution in [0.25, 0.3) is 0 Å². The molecule has 2 aromatic carbocycles. The van der Waals surface area contributed by atoms with E-state index in [1.807, 2.05) is 25.1 Å². The zero-order valence-corrected chi connectivity index (χ0v) is 13.1. The van der Waals surface area contributed by atoms with Crippen LogP contribution in [-0.2, 0) is 0 Å². The molecule has 1 heterocycles. The van der Waals surface area contributed by atoms with Gasteiger partial charge in [-0.05, 0) is 49.1 Å². The number of allylic oxidation sites excluding steroid dienone is 2. The summed E-state index contributed by atoms with van der Waals surface area (Å²) in [5, 5.41) is 3.56. The molecular weight excluding hydrogens is 289 g/mol. The molecule has 1 aliphatic carbocycles. The molecule has 2 nitrogen and oxygen atoms in total. The van der Waals surface area contributed by atoms with E-state index in [9.17, 15) is 4.39 Å². The van der Waals surface area contributed by atoms with Gasteiger partial charge in [-0.1, -0.05) is 30.4 Å². The van der Waals surface area contributed by atoms with E-state index in [0.717, 1.165) is 23.4 Å². The number of benzene rings is 2. The van der Waals surface area contributed by atoms with Crippen molar-refractivity contribution in [3.05, 3.63) is 71.6 Å². The van der Waals surface area contributed by atoms with Gasteiger partial charge < -0.3 is 10.1 Å². The molecule has 2 aromatic rings. The lowest BCUT2D eigenvalue weighted by atomic mass is 9.77. The minimum atomic E-state index is -0.134. The molecule has 1 aliphatic heterocycles. The number of halogens is 1. The Morgan fingerprint density at radius 1 is 1.17 bits per heavy atom. The summed E-state index contributed by atoms with van der Waals surface area (Å²) < 4.78 is 19.9. The summed E-state index contributed by atoms with van der Waals surface area (Å²) >= 11 is 0. The number of ether oxygens (including phenoxy) is 1. The topological polar surface area (TPSA) is 21.3 Å². The molecule has 0 amide bonds. The fourth-order valence-electron chi connectivity index (χ4n) is 3.86. The molecule has 0 bridgehead atoms. The Morgan fingerprint density at radius 2 is 2.04 bits per heavy atom. The molecule has 118 valence electrons. The van der Waals surface area contributed by atoms with Gasteiger partial charge >= 0.3 is 0 Å². The Balaban J connectivity index is 1.76. The molecule has 1 N–H and O–H groups in total. The van der Waals surface area contributed by atoms with Crippen LogP contribution in [0.2, 0.25) is 0 Å². The predicted octanol–water partition coefficient (Wildman–Crippen LogP) is 5.05. The Kier molecular flexibility index (Phi) is 3.56. The van der Waals surface area contributed by atoms with Gasteiger partial charge in [-0.3, -0.25) is 0 Å². The van der Waals surface area contributed by atoms with Gasteiger partial charge in [-0.15, -0.1) is 0 Å². The van der Waals surface area contributed by atoms with E-state index in [1.54, 1.807) is 12.1 Å². The SMILES string of the molecule is CCOc1ccc2c(c1)[C@@H]1C=CC[C@H]1[C@H](c1ccccc1F)N2. The highest BCUT2D eigenvalue weighted by molar-refractivity contribution is 5.61. The lowest BCUT2D eigenvalue weighted by molar-refractivity contribution is 0.338. The fraction of sp³-hybridized carbons (Fsp3) is 0.300. The van der Waals surface area contributed by atoms with Crippen molar-refractivity contribution in [3.63, 3.8) is 0 Å². The summed E-state index contributed by atoms with van der Waals surface area (Å²) in [6.07, 6.45) is 5.44. The quantitative estimate of drug-likeness (QED) is 0.801. The van der Waals surface area contributed by atoms with Gasteiger partial charge in [0.2, 0.25) is 0 Å². The normalized spacial score (nSPS) is 24.7. The van der Waals surface area contributed by atoms with Crippen LogP contribution >= 0.6 is 0 Å². The van der Waals surface area contributed by atoms with Crippen molar-refractivity contribution in [2.24, 2.45) is 5.92 Å². The third-order valence-electron chi connectivity index (χ3n) is 4.89. The Labute approximate surface area is 136 Å². The molecule has 0 spiro atoms. The second-order valence-electron chi connectivity index (χ2n) is 6.18. The van der Waals surface area contributed by atoms with Crippen molar-refractivity contribution < 1.29 is 9.13 Å². The average Bonchev–Trinajstić information content (AvgIpc) is 3.05. The highest BCUT2D eigenvalue weighted by Gasteiger charge is 2.38. The number of hydrogen-bond acceptors (Lipinski definition) is 2. The van der Waals surface area contributed by atoms with Crippen LogP contribution in [0.1, 0.15) is 36.4 Å². The van der Waals surface area contributed by atoms with Crippen LogP contribution in [0.4, 0.5) is 10.1 Å². The van der Waals surface area contributed by atoms with E-state index in [4.69, 9.17) is 4.74 Å². The van der Waals surface area contributed by atoms with Crippen molar-refractivity contribution in [2.45, 2.75) is 25.3 Å². The molecule has 0 fully saturated rings. The zero-order valence-electron chi connectivity index (χ0n) is 13.1. The van der Waals surface area contributed by atoms with Crippen LogP contribution in [0.3, 0.4) is 0 Å². The highest BCUT2D eigenvalue weighted by atomic mass is 19.1. The van der Waals surface area contributed by atoms with Gasteiger partial charge in [0.1, 0.15) is 11.6 Å². The molecule has 4 rings (SSSR count). The molecule has 0 saturated heterocycles. The molecule has 23 heavy (non-hydrogen) atoms. The van der Waals surface area contributed by atoms with E-state index in [2.05, 4.69) is 29.6 Å². The van der Waals surface area contributed by atoms with Crippen molar-refractivity contribution in [3.8, 4) is 5.75 Å². The van der Waals surface area contributed by atoms with Gasteiger partial charge in [-0.25, -0.2) is 4.39 Å². The second-order valence-corrected chi connectivity index (χ2v) is 6.18. The van der Waals surface area contributed by atoms with Gasteiger partial charge in [0.15, 0.2) is 0 Å². The smallest absolute Gasteiger partial charge is 0.128 e. The molecule has 3 atom stereocenters. The molecular formula is C20H20FNO. The molecule has 2 aliphatic rings. The van der Waals surface area contributed by atoms with E-state index in [-0.39, 0.29) is 11.9 Å². The largest absolute Gasteiger partial charge is 0.494 e. The summed E-state index contributed by atoms with van der Waals surface area (Å²) in [7, 11) is 0. The first-order valence-corrected chi connectivity index (χ1v) is 8.22. The molecule has 0 radical (unpaired) electrons. The maximum absolute atomic E-state index is 14.3. The predicted molar refractivity (Wildman–Crippen MR) is 90.4 cm³/mol. The third kappa shape index (κ3) is 2.40. The average molecular weight is 309 g/mol. The minimum Gasteiger partial charge on any atom is -0.494 e. The number of anilines is 1. The standard InChI is InChI=1S/C20H20FNO/c1-2-23-13-10-11-19-17(12-13)14-7-5-8-15(14)20(22-19)16-6-3-4-9-18(16)21/h3-7,9-12,14-15,20,22H,2,8H2,1H3/t14-,15-,20-/m1/s1. The lowest BCUT2D eigenvalue weighted by Gasteiger charge is -2.37. The maximum atomic E-state index is 14.3. The zero-order chi connectivity index (χ0) is 15.8. The highest BCUT2D eigenvalue weighted by Crippen LogP contribution is 2.50. The first-order valence-electron chi connectivity index (χ1n) is 8.22. The maximum Gasteiger partial charge on any atom is 0.128 e. The summed E-state index contributed by atoms with van der Waals surface area (Å²) in [5.41, 5.74) is 3.09. The summed E-state index contributed by atoms with van der Waals surface area (Å²) in [6.45, 7) is 2.65. The first kappa shape index (κ1) is 14.3. The fourth-order valence-corrected chi connectivity index (χ4v) is 3.86. The lowest BCUT2D eigenvalue weighted by Crippen LogP contribution is -2.29. The van der Waals surface area contributed by atoms with Gasteiger partial charge in [0.05, 0.1) is 12.6 Å². The summed E-state index contributed by atoms with van der Waals surface area (Å²) in [6, 6.07) is 13.2. The number of nitrogens with one attached hydrogen (secondary N) is 1. The van der Waals surface area contributed by atoms with Crippen molar-refractivity contribution in [1.82, 2.24) is 0 Å². The molecule has 0 saturated carbocycles. The van der Waals surface area contributed by atoms with Crippen LogP contribution in [0.5, 0.6) is 5.75 Å². The van der Waals surface area contributed by atoms with Crippen LogP contribution in [0, 0.1) is 11.7 Å². The van der Waals surface area contributed by atoms with Crippen LogP contribution < -0.4 is 10.1 Å². The van der Waals surface area contributed by atoms with E-state index in [1.165, 1.54) is 5.56 Å². The molecule has 3 heteroatoms. The first-order chi connectivity index (χ1) is 11.3. The van der Waals surface area contributed by atoms with Gasteiger partial charge in [-0.2, -0.15) is 0 Å². The van der Waals surface area contributed by atoms with Crippen LogP contribution in [-0.4, -0.2) is 6.61 Å².